The third-order valence-corrected chi connectivity index (χ3v) is 3.29. The van der Waals surface area contributed by atoms with E-state index in [9.17, 15) is 0 Å². The lowest BCUT2D eigenvalue weighted by Gasteiger charge is -2.16. The highest BCUT2D eigenvalue weighted by Gasteiger charge is 2.11. The molecule has 1 aliphatic heterocycles. The smallest absolute Gasteiger partial charge is 0.0341 e. The van der Waals surface area contributed by atoms with E-state index in [1.165, 1.54) is 18.4 Å². The van der Waals surface area contributed by atoms with Crippen LogP contribution in [0.2, 0.25) is 0 Å². The second-order valence-corrected chi connectivity index (χ2v) is 4.10. The molecule has 1 heterocycles. The number of hydrogen-bond acceptors (Lipinski definition) is 1. The zero-order chi connectivity index (χ0) is 8.23. The average molecular weight is 176 g/mol. The lowest BCUT2D eigenvalue weighted by molar-refractivity contribution is 0.818. The molecule has 1 aliphatic rings. The summed E-state index contributed by atoms with van der Waals surface area (Å²) in [7, 11) is 0. The minimum Gasteiger partial charge on any atom is -0.126 e. The van der Waals surface area contributed by atoms with Crippen LogP contribution < -0.4 is 0 Å². The molecule has 1 heteroatoms. The van der Waals surface area contributed by atoms with Gasteiger partial charge in [0.2, 0.25) is 0 Å². The molecule has 2 rings (SSSR count). The Bertz CT molecular complexity index is 264. The van der Waals surface area contributed by atoms with Crippen molar-refractivity contribution in [2.24, 2.45) is 0 Å². The van der Waals surface area contributed by atoms with Crippen molar-refractivity contribution in [2.45, 2.75) is 18.1 Å². The van der Waals surface area contributed by atoms with Crippen LogP contribution >= 0.6 is 11.8 Å². The predicted octanol–water partition coefficient (Wildman–Crippen LogP) is 3.77. The summed E-state index contributed by atoms with van der Waals surface area (Å²) in [5, 5.41) is 2.91. The van der Waals surface area contributed by atoms with Crippen molar-refractivity contribution in [1.82, 2.24) is 0 Å². The molecule has 0 saturated carbocycles. The summed E-state index contributed by atoms with van der Waals surface area (Å²) in [4.78, 5) is 0. The Morgan fingerprint density at radius 1 is 1.17 bits per heavy atom. The van der Waals surface area contributed by atoms with Crippen LogP contribution in [0.5, 0.6) is 0 Å². The predicted molar refractivity (Wildman–Crippen MR) is 55.1 cm³/mol. The summed E-state index contributed by atoms with van der Waals surface area (Å²) in [5.41, 5.74) is 1.46. The van der Waals surface area contributed by atoms with Crippen LogP contribution in [0.25, 0.3) is 0 Å². The Hall–Kier alpha value is -0.690. The molecule has 1 aromatic rings. The highest BCUT2D eigenvalue weighted by atomic mass is 32.2. The molecule has 0 spiro atoms. The minimum atomic E-state index is 0.691. The Labute approximate surface area is 77.7 Å². The van der Waals surface area contributed by atoms with Crippen molar-refractivity contribution in [2.75, 3.05) is 0 Å². The minimum absolute atomic E-state index is 0.691. The normalized spacial score (nSPS) is 22.5. The summed E-state index contributed by atoms with van der Waals surface area (Å²) in [6.45, 7) is 0. The third-order valence-electron chi connectivity index (χ3n) is 2.11. The van der Waals surface area contributed by atoms with Crippen LogP contribution in [0.3, 0.4) is 0 Å². The fraction of sp³-hybridized carbons (Fsp3) is 0.273. The Morgan fingerprint density at radius 3 is 2.67 bits per heavy atom. The van der Waals surface area contributed by atoms with Crippen LogP contribution in [0.4, 0.5) is 0 Å². The molecule has 1 unspecified atom stereocenters. The molecule has 0 amide bonds. The molecule has 0 fully saturated rings. The van der Waals surface area contributed by atoms with Crippen molar-refractivity contribution in [3.05, 3.63) is 47.4 Å². The van der Waals surface area contributed by atoms with Gasteiger partial charge in [0.25, 0.3) is 0 Å². The van der Waals surface area contributed by atoms with Crippen molar-refractivity contribution in [1.29, 1.82) is 0 Å². The fourth-order valence-corrected chi connectivity index (χ4v) is 2.47. The van der Waals surface area contributed by atoms with E-state index in [0.717, 1.165) is 0 Å². The van der Waals surface area contributed by atoms with E-state index in [1.807, 2.05) is 11.8 Å². The Kier molecular flexibility index (Phi) is 2.52. The van der Waals surface area contributed by atoms with E-state index < -0.39 is 0 Å². The van der Waals surface area contributed by atoms with Crippen LogP contribution in [0.15, 0.2) is 41.8 Å². The summed E-state index contributed by atoms with van der Waals surface area (Å²) in [5.74, 6) is 0. The summed E-state index contributed by atoms with van der Waals surface area (Å²) < 4.78 is 0. The zero-order valence-corrected chi connectivity index (χ0v) is 7.76. The van der Waals surface area contributed by atoms with Gasteiger partial charge in [-0.15, -0.1) is 11.8 Å². The maximum atomic E-state index is 2.25. The van der Waals surface area contributed by atoms with Gasteiger partial charge in [-0.2, -0.15) is 0 Å². The van der Waals surface area contributed by atoms with Gasteiger partial charge in [-0.3, -0.25) is 0 Å². The van der Waals surface area contributed by atoms with Gasteiger partial charge >= 0.3 is 0 Å². The first kappa shape index (κ1) is 7.93. The molecular weight excluding hydrogens is 164 g/mol. The molecular formula is C11H12S. The van der Waals surface area contributed by atoms with Gasteiger partial charge in [0.15, 0.2) is 0 Å². The van der Waals surface area contributed by atoms with Crippen LogP contribution in [0.1, 0.15) is 23.7 Å². The van der Waals surface area contributed by atoms with E-state index in [0.29, 0.717) is 5.25 Å². The fourth-order valence-electron chi connectivity index (χ4n) is 1.45. The SMILES string of the molecule is C1=CSC(c2ccccc2)CC1. The number of thioether (sulfide) groups is 1. The lowest BCUT2D eigenvalue weighted by atomic mass is 10.1. The maximum Gasteiger partial charge on any atom is 0.0341 e. The van der Waals surface area contributed by atoms with E-state index in [4.69, 9.17) is 0 Å². The van der Waals surface area contributed by atoms with Crippen LogP contribution in [-0.4, -0.2) is 0 Å². The van der Waals surface area contributed by atoms with Gasteiger partial charge in [0.05, 0.1) is 0 Å². The lowest BCUT2D eigenvalue weighted by Crippen LogP contribution is -1.94. The first-order valence-electron chi connectivity index (χ1n) is 4.32. The van der Waals surface area contributed by atoms with Gasteiger partial charge < -0.3 is 0 Å². The molecule has 0 bridgehead atoms. The molecule has 1 aromatic carbocycles. The number of hydrogen-bond donors (Lipinski definition) is 0. The quantitative estimate of drug-likeness (QED) is 0.627. The van der Waals surface area contributed by atoms with Crippen molar-refractivity contribution >= 4 is 11.8 Å². The molecule has 1 atom stereocenters. The number of allylic oxidation sites excluding steroid dienone is 1. The Morgan fingerprint density at radius 2 is 2.00 bits per heavy atom. The largest absolute Gasteiger partial charge is 0.126 e. The molecule has 0 aliphatic carbocycles. The first-order valence-corrected chi connectivity index (χ1v) is 5.26. The average Bonchev–Trinajstić information content (AvgIpc) is 2.21. The number of benzene rings is 1. The second-order valence-electron chi connectivity index (χ2n) is 2.98. The van der Waals surface area contributed by atoms with Gasteiger partial charge in [0, 0.05) is 5.25 Å². The van der Waals surface area contributed by atoms with Gasteiger partial charge in [-0.25, -0.2) is 0 Å². The summed E-state index contributed by atoms with van der Waals surface area (Å²) >= 11 is 1.94. The summed E-state index contributed by atoms with van der Waals surface area (Å²) in [6.07, 6.45) is 4.77. The summed E-state index contributed by atoms with van der Waals surface area (Å²) in [6, 6.07) is 10.8. The third kappa shape index (κ3) is 1.72. The van der Waals surface area contributed by atoms with Crippen LogP contribution in [-0.2, 0) is 0 Å². The highest BCUT2D eigenvalue weighted by molar-refractivity contribution is 8.02. The zero-order valence-electron chi connectivity index (χ0n) is 6.94. The van der Waals surface area contributed by atoms with Gasteiger partial charge in [-0.1, -0.05) is 36.4 Å². The van der Waals surface area contributed by atoms with Crippen LogP contribution in [0, 0.1) is 0 Å². The monoisotopic (exact) mass is 176 g/mol. The van der Waals surface area contributed by atoms with E-state index in [1.54, 1.807) is 0 Å². The second kappa shape index (κ2) is 3.81. The molecule has 0 aromatic heterocycles. The maximum absolute atomic E-state index is 2.25. The molecule has 0 nitrogen and oxygen atoms in total. The molecule has 12 heavy (non-hydrogen) atoms. The highest BCUT2D eigenvalue weighted by Crippen LogP contribution is 2.36. The van der Waals surface area contributed by atoms with Gasteiger partial charge in [0.1, 0.15) is 0 Å². The molecule has 0 radical (unpaired) electrons. The van der Waals surface area contributed by atoms with Gasteiger partial charge in [-0.05, 0) is 23.8 Å². The van der Waals surface area contributed by atoms with Crippen molar-refractivity contribution in [3.63, 3.8) is 0 Å². The van der Waals surface area contributed by atoms with E-state index >= 15 is 0 Å². The van der Waals surface area contributed by atoms with Crippen molar-refractivity contribution in [3.8, 4) is 0 Å². The molecule has 0 saturated heterocycles. The van der Waals surface area contributed by atoms with Crippen molar-refractivity contribution < 1.29 is 0 Å². The number of rotatable bonds is 1. The first-order chi connectivity index (χ1) is 5.97. The molecule has 62 valence electrons. The topological polar surface area (TPSA) is 0 Å². The molecule has 0 N–H and O–H groups in total. The van der Waals surface area contributed by atoms with E-state index in [-0.39, 0.29) is 0 Å². The Balaban J connectivity index is 2.15. The van der Waals surface area contributed by atoms with E-state index in [2.05, 4.69) is 41.8 Å². The standard InChI is InChI=1S/C11H12S/c1-2-6-10(7-3-1)11-8-4-5-9-12-11/h1-3,5-7,9,11H,4,8H2.